The van der Waals surface area contributed by atoms with Crippen LogP contribution in [0.2, 0.25) is 10.0 Å². The van der Waals surface area contributed by atoms with E-state index in [1.807, 2.05) is 11.8 Å². The number of halogens is 5. The van der Waals surface area contributed by atoms with Gasteiger partial charge in [-0.3, -0.25) is 0 Å². The van der Waals surface area contributed by atoms with Gasteiger partial charge < -0.3 is 15.1 Å². The van der Waals surface area contributed by atoms with Gasteiger partial charge in [0.15, 0.2) is 0 Å². The van der Waals surface area contributed by atoms with Crippen LogP contribution in [0, 0.1) is 0 Å². The Labute approximate surface area is 170 Å². The number of benzene rings is 1. The van der Waals surface area contributed by atoms with Crippen LogP contribution in [0.1, 0.15) is 12.5 Å². The van der Waals surface area contributed by atoms with Crippen LogP contribution in [0.5, 0.6) is 0 Å². The molecule has 28 heavy (non-hydrogen) atoms. The molecule has 1 aromatic heterocycles. The van der Waals surface area contributed by atoms with E-state index in [2.05, 4.69) is 10.3 Å². The molecule has 5 nitrogen and oxygen atoms in total. The third kappa shape index (κ3) is 4.44. The quantitative estimate of drug-likeness (QED) is 0.713. The van der Waals surface area contributed by atoms with E-state index in [-0.39, 0.29) is 16.8 Å². The summed E-state index contributed by atoms with van der Waals surface area (Å²) in [6, 6.07) is 5.72. The minimum Gasteiger partial charge on any atom is -0.352 e. The normalized spacial score (nSPS) is 17.6. The number of carbonyl (C=O) groups is 1. The van der Waals surface area contributed by atoms with Crippen LogP contribution in [0.25, 0.3) is 0 Å². The Morgan fingerprint density at radius 2 is 1.96 bits per heavy atom. The lowest BCUT2D eigenvalue weighted by Gasteiger charge is -2.40. The predicted octanol–water partition coefficient (Wildman–Crippen LogP) is 5.15. The number of nitrogens with zero attached hydrogens (tertiary/aromatic N) is 3. The molecule has 1 unspecified atom stereocenters. The van der Waals surface area contributed by atoms with Crippen LogP contribution < -0.4 is 10.2 Å². The lowest BCUT2D eigenvalue weighted by Crippen LogP contribution is -2.55. The summed E-state index contributed by atoms with van der Waals surface area (Å²) in [5.74, 6) is 0.654. The zero-order valence-corrected chi connectivity index (χ0v) is 16.3. The molecule has 0 spiro atoms. The van der Waals surface area contributed by atoms with Crippen molar-refractivity contribution in [2.75, 3.05) is 29.9 Å². The summed E-state index contributed by atoms with van der Waals surface area (Å²) in [6.07, 6.45) is -2.85. The number of hydrogen-bond acceptors (Lipinski definition) is 3. The van der Waals surface area contributed by atoms with Crippen molar-refractivity contribution in [1.29, 1.82) is 0 Å². The summed E-state index contributed by atoms with van der Waals surface area (Å²) < 4.78 is 38.2. The largest absolute Gasteiger partial charge is 0.416 e. The van der Waals surface area contributed by atoms with Crippen molar-refractivity contribution in [1.82, 2.24) is 9.88 Å². The highest BCUT2D eigenvalue weighted by molar-refractivity contribution is 6.33. The van der Waals surface area contributed by atoms with E-state index in [1.54, 1.807) is 23.2 Å². The topological polar surface area (TPSA) is 48.5 Å². The first-order chi connectivity index (χ1) is 13.2. The molecule has 1 fully saturated rings. The zero-order valence-electron chi connectivity index (χ0n) is 14.8. The van der Waals surface area contributed by atoms with Gasteiger partial charge in [-0.05, 0) is 37.3 Å². The summed E-state index contributed by atoms with van der Waals surface area (Å²) in [6.45, 7) is 3.31. The third-order valence-corrected chi connectivity index (χ3v) is 5.07. The van der Waals surface area contributed by atoms with Crippen molar-refractivity contribution >= 4 is 40.7 Å². The van der Waals surface area contributed by atoms with Gasteiger partial charge in [0, 0.05) is 31.9 Å². The lowest BCUT2D eigenvalue weighted by molar-refractivity contribution is -0.137. The molecule has 0 bridgehead atoms. The first-order valence-electron chi connectivity index (χ1n) is 8.46. The molecule has 0 saturated carbocycles. The van der Waals surface area contributed by atoms with E-state index >= 15 is 0 Å². The molecule has 1 aliphatic rings. The minimum absolute atomic E-state index is 0.127. The molecule has 1 atom stereocenters. The second-order valence-corrected chi connectivity index (χ2v) is 7.23. The molecule has 3 rings (SSSR count). The van der Waals surface area contributed by atoms with E-state index in [0.717, 1.165) is 18.2 Å². The number of rotatable bonds is 2. The lowest BCUT2D eigenvalue weighted by atomic mass is 10.2. The first-order valence-corrected chi connectivity index (χ1v) is 9.22. The summed E-state index contributed by atoms with van der Waals surface area (Å²) >= 11 is 12.1. The molecule has 2 heterocycles. The van der Waals surface area contributed by atoms with E-state index in [0.29, 0.717) is 30.5 Å². The van der Waals surface area contributed by atoms with Gasteiger partial charge in [-0.15, -0.1) is 0 Å². The molecular formula is C18H17Cl2F3N4O. The zero-order chi connectivity index (χ0) is 20.5. The van der Waals surface area contributed by atoms with Gasteiger partial charge in [-0.1, -0.05) is 23.2 Å². The fourth-order valence-electron chi connectivity index (χ4n) is 3.04. The van der Waals surface area contributed by atoms with Crippen LogP contribution >= 0.6 is 23.2 Å². The molecule has 2 aromatic rings. The monoisotopic (exact) mass is 432 g/mol. The van der Waals surface area contributed by atoms with Crippen LogP contribution in [0.15, 0.2) is 36.5 Å². The number of alkyl halides is 3. The average Bonchev–Trinajstić information content (AvgIpc) is 2.62. The number of aromatic nitrogens is 1. The number of anilines is 2. The summed E-state index contributed by atoms with van der Waals surface area (Å²) in [5.41, 5.74) is -0.744. The third-order valence-electron chi connectivity index (χ3n) is 4.46. The van der Waals surface area contributed by atoms with Crippen molar-refractivity contribution in [2.24, 2.45) is 0 Å². The van der Waals surface area contributed by atoms with Gasteiger partial charge in [0.1, 0.15) is 5.82 Å². The molecule has 1 N–H and O–H groups in total. The minimum atomic E-state index is -4.50. The van der Waals surface area contributed by atoms with E-state index in [1.165, 1.54) is 0 Å². The van der Waals surface area contributed by atoms with Gasteiger partial charge >= 0.3 is 12.2 Å². The van der Waals surface area contributed by atoms with Crippen LogP contribution in [-0.2, 0) is 6.18 Å². The van der Waals surface area contributed by atoms with Crippen LogP contribution in [0.4, 0.5) is 29.5 Å². The molecule has 10 heteroatoms. The van der Waals surface area contributed by atoms with Gasteiger partial charge in [0.25, 0.3) is 0 Å². The van der Waals surface area contributed by atoms with Gasteiger partial charge in [0.05, 0.1) is 21.3 Å². The van der Waals surface area contributed by atoms with Crippen LogP contribution in [-0.4, -0.2) is 41.6 Å². The highest BCUT2D eigenvalue weighted by Gasteiger charge is 2.32. The Morgan fingerprint density at radius 1 is 1.21 bits per heavy atom. The first kappa shape index (κ1) is 20.5. The van der Waals surface area contributed by atoms with Gasteiger partial charge in [-0.2, -0.15) is 13.2 Å². The number of pyridine rings is 1. The fourth-order valence-corrected chi connectivity index (χ4v) is 3.51. The number of nitrogens with one attached hydrogen (secondary N) is 1. The molecule has 2 amide bonds. The maximum atomic E-state index is 12.7. The number of urea groups is 1. The summed E-state index contributed by atoms with van der Waals surface area (Å²) in [4.78, 5) is 20.5. The number of amides is 2. The maximum absolute atomic E-state index is 12.7. The molecule has 0 radical (unpaired) electrons. The fraction of sp³-hybridized carbons (Fsp3) is 0.333. The van der Waals surface area contributed by atoms with Crippen molar-refractivity contribution in [3.63, 3.8) is 0 Å². The molecule has 1 aliphatic heterocycles. The Morgan fingerprint density at radius 3 is 2.57 bits per heavy atom. The van der Waals surface area contributed by atoms with Crippen LogP contribution in [0.3, 0.4) is 0 Å². The number of piperazine rings is 1. The van der Waals surface area contributed by atoms with Crippen molar-refractivity contribution in [3.05, 3.63) is 52.1 Å². The van der Waals surface area contributed by atoms with Gasteiger partial charge in [-0.25, -0.2) is 9.78 Å². The average molecular weight is 433 g/mol. The standard InChI is InChI=1S/C18H17Cl2F3N4O/c1-11-10-26(16-13(19)3-2-6-24-16)7-8-27(11)17(28)25-15-5-4-12(9-14(15)20)18(21,22)23/h2-6,9,11H,7-8,10H2,1H3,(H,25,28). The molecular weight excluding hydrogens is 416 g/mol. The van der Waals surface area contributed by atoms with Crippen molar-refractivity contribution in [2.45, 2.75) is 19.1 Å². The van der Waals surface area contributed by atoms with Gasteiger partial charge in [0.2, 0.25) is 0 Å². The number of hydrogen-bond donors (Lipinski definition) is 1. The van der Waals surface area contributed by atoms with E-state index < -0.39 is 17.8 Å². The smallest absolute Gasteiger partial charge is 0.352 e. The van der Waals surface area contributed by atoms with Crippen molar-refractivity contribution < 1.29 is 18.0 Å². The molecule has 1 saturated heterocycles. The Hall–Kier alpha value is -2.19. The Bertz CT molecular complexity index is 878. The second-order valence-electron chi connectivity index (χ2n) is 6.42. The summed E-state index contributed by atoms with van der Waals surface area (Å²) in [5, 5.41) is 2.94. The molecule has 1 aromatic carbocycles. The van der Waals surface area contributed by atoms with Crippen molar-refractivity contribution in [3.8, 4) is 0 Å². The SMILES string of the molecule is CC1CN(c2ncccc2Cl)CCN1C(=O)Nc1ccc(C(F)(F)F)cc1Cl. The highest BCUT2D eigenvalue weighted by Crippen LogP contribution is 2.34. The predicted molar refractivity (Wildman–Crippen MR) is 103 cm³/mol. The van der Waals surface area contributed by atoms with E-state index in [4.69, 9.17) is 23.2 Å². The summed E-state index contributed by atoms with van der Waals surface area (Å²) in [7, 11) is 0. The Kier molecular flexibility index (Phi) is 5.90. The Balaban J connectivity index is 1.67. The maximum Gasteiger partial charge on any atom is 0.416 e. The number of carbonyl (C=O) groups excluding carboxylic acids is 1. The molecule has 150 valence electrons. The highest BCUT2D eigenvalue weighted by atomic mass is 35.5. The molecule has 0 aliphatic carbocycles. The van der Waals surface area contributed by atoms with E-state index in [9.17, 15) is 18.0 Å². The second kappa shape index (κ2) is 8.05.